The number of carbonyl (C=O) groups is 1. The summed E-state index contributed by atoms with van der Waals surface area (Å²) in [5.74, 6) is 0.233. The van der Waals surface area contributed by atoms with Crippen molar-refractivity contribution < 1.29 is 27.1 Å². The number of carbonyl (C=O) groups excluding carboxylic acids is 1. The number of nitrogens with zero attached hydrogens (tertiary/aromatic N) is 1. The normalized spacial score (nSPS) is 12.4. The largest absolute Gasteiger partial charge is 0.492 e. The van der Waals surface area contributed by atoms with Crippen molar-refractivity contribution >= 4 is 15.9 Å². The summed E-state index contributed by atoms with van der Waals surface area (Å²) in [5.41, 5.74) is 0. The van der Waals surface area contributed by atoms with Gasteiger partial charge in [-0.3, -0.25) is 4.79 Å². The summed E-state index contributed by atoms with van der Waals surface area (Å²) in [4.78, 5) is 12.4. The van der Waals surface area contributed by atoms with Crippen molar-refractivity contribution in [3.63, 3.8) is 0 Å². The van der Waals surface area contributed by atoms with Crippen molar-refractivity contribution in [1.82, 2.24) is 9.62 Å². The third kappa shape index (κ3) is 6.43. The van der Waals surface area contributed by atoms with E-state index in [2.05, 4.69) is 5.32 Å². The van der Waals surface area contributed by atoms with Crippen LogP contribution in [0.4, 0.5) is 4.39 Å². The van der Waals surface area contributed by atoms with Crippen LogP contribution in [0.25, 0.3) is 0 Å². The number of hydrogen-bond acceptors (Lipinski definition) is 5. The van der Waals surface area contributed by atoms with E-state index in [1.54, 1.807) is 12.1 Å². The molecule has 7 nitrogen and oxygen atoms in total. The quantitative estimate of drug-likeness (QED) is 0.592. The molecule has 0 aromatic heterocycles. The fourth-order valence-corrected chi connectivity index (χ4v) is 3.28. The zero-order valence-electron chi connectivity index (χ0n) is 16.6. The number of rotatable bonds is 10. The van der Waals surface area contributed by atoms with E-state index in [0.29, 0.717) is 17.9 Å². The Balaban J connectivity index is 1.80. The van der Waals surface area contributed by atoms with E-state index < -0.39 is 16.1 Å². The molecule has 2 aromatic carbocycles. The summed E-state index contributed by atoms with van der Waals surface area (Å²) in [6.07, 6.45) is -0.248. The zero-order valence-corrected chi connectivity index (χ0v) is 17.4. The third-order valence-corrected chi connectivity index (χ3v) is 5.86. The Morgan fingerprint density at radius 3 is 2.21 bits per heavy atom. The predicted molar refractivity (Wildman–Crippen MR) is 107 cm³/mol. The van der Waals surface area contributed by atoms with Crippen LogP contribution in [0.2, 0.25) is 0 Å². The van der Waals surface area contributed by atoms with E-state index in [1.807, 2.05) is 6.92 Å². The highest BCUT2D eigenvalue weighted by Gasteiger charge is 2.18. The molecule has 0 saturated heterocycles. The molecule has 9 heteroatoms. The van der Waals surface area contributed by atoms with Crippen LogP contribution in [-0.4, -0.2) is 52.0 Å². The topological polar surface area (TPSA) is 84.9 Å². The van der Waals surface area contributed by atoms with Gasteiger partial charge in [0.2, 0.25) is 10.0 Å². The van der Waals surface area contributed by atoms with Gasteiger partial charge in [-0.2, -0.15) is 0 Å². The van der Waals surface area contributed by atoms with Crippen LogP contribution in [-0.2, 0) is 14.8 Å². The smallest absolute Gasteiger partial charge is 0.261 e. The Labute approximate surface area is 170 Å². The number of sulfonamides is 1. The third-order valence-electron chi connectivity index (χ3n) is 4.03. The van der Waals surface area contributed by atoms with E-state index in [4.69, 9.17) is 9.47 Å². The minimum atomic E-state index is -3.48. The van der Waals surface area contributed by atoms with Gasteiger partial charge in [0.05, 0.1) is 11.4 Å². The van der Waals surface area contributed by atoms with Crippen molar-refractivity contribution in [2.75, 3.05) is 27.2 Å². The summed E-state index contributed by atoms with van der Waals surface area (Å²) in [6.45, 7) is 2.27. The molecule has 29 heavy (non-hydrogen) atoms. The molecular formula is C20H25FN2O5S. The number of amides is 1. The molecule has 1 amide bonds. The lowest BCUT2D eigenvalue weighted by molar-refractivity contribution is -0.128. The zero-order chi connectivity index (χ0) is 21.4. The van der Waals surface area contributed by atoms with Crippen molar-refractivity contribution in [2.45, 2.75) is 24.3 Å². The van der Waals surface area contributed by atoms with Gasteiger partial charge in [-0.1, -0.05) is 6.92 Å². The molecule has 0 saturated carbocycles. The fourth-order valence-electron chi connectivity index (χ4n) is 2.38. The first-order valence-corrected chi connectivity index (χ1v) is 10.5. The maximum Gasteiger partial charge on any atom is 0.261 e. The van der Waals surface area contributed by atoms with Gasteiger partial charge in [0.25, 0.3) is 5.91 Å². The maximum absolute atomic E-state index is 12.9. The van der Waals surface area contributed by atoms with Gasteiger partial charge in [-0.15, -0.1) is 0 Å². The van der Waals surface area contributed by atoms with Crippen LogP contribution < -0.4 is 14.8 Å². The van der Waals surface area contributed by atoms with E-state index >= 15 is 0 Å². The van der Waals surface area contributed by atoms with Gasteiger partial charge in [0, 0.05) is 14.1 Å². The summed E-state index contributed by atoms with van der Waals surface area (Å²) < 4.78 is 49.2. The summed E-state index contributed by atoms with van der Waals surface area (Å²) in [7, 11) is -0.557. The molecule has 1 N–H and O–H groups in total. The number of benzene rings is 2. The molecule has 0 radical (unpaired) electrons. The second kappa shape index (κ2) is 10.2. The first-order valence-electron chi connectivity index (χ1n) is 9.09. The van der Waals surface area contributed by atoms with Crippen molar-refractivity contribution in [2.24, 2.45) is 0 Å². The van der Waals surface area contributed by atoms with Crippen molar-refractivity contribution in [1.29, 1.82) is 0 Å². The minimum absolute atomic E-state index is 0.173. The Hall–Kier alpha value is -2.65. The lowest BCUT2D eigenvalue weighted by Gasteiger charge is -2.17. The molecule has 2 aromatic rings. The molecule has 2 rings (SSSR count). The SMILES string of the molecule is CCC(Oc1ccc(F)cc1)C(=O)NCCOc1ccc(S(=O)(=O)N(C)C)cc1. The molecule has 0 aliphatic carbocycles. The van der Waals surface area contributed by atoms with E-state index in [9.17, 15) is 17.6 Å². The van der Waals surface area contributed by atoms with Crippen LogP contribution in [0, 0.1) is 5.82 Å². The average Bonchev–Trinajstić information content (AvgIpc) is 2.70. The highest BCUT2D eigenvalue weighted by atomic mass is 32.2. The highest BCUT2D eigenvalue weighted by Crippen LogP contribution is 2.18. The maximum atomic E-state index is 12.9. The summed E-state index contributed by atoms with van der Waals surface area (Å²) >= 11 is 0. The number of hydrogen-bond donors (Lipinski definition) is 1. The predicted octanol–water partition coefficient (Wildman–Crippen LogP) is 2.43. The van der Waals surface area contributed by atoms with Crippen LogP contribution in [0.15, 0.2) is 53.4 Å². The number of nitrogens with one attached hydrogen (secondary N) is 1. The Morgan fingerprint density at radius 2 is 1.66 bits per heavy atom. The molecule has 0 aliphatic rings. The second-order valence-corrected chi connectivity index (χ2v) is 8.52. The highest BCUT2D eigenvalue weighted by molar-refractivity contribution is 7.89. The standard InChI is InChI=1S/C20H25FN2O5S/c1-4-19(28-17-7-5-15(21)6-8-17)20(24)22-13-14-27-16-9-11-18(12-10-16)29(25,26)23(2)3/h5-12,19H,4,13-14H2,1-3H3,(H,22,24). The molecular weight excluding hydrogens is 399 g/mol. The first-order chi connectivity index (χ1) is 13.7. The molecule has 1 unspecified atom stereocenters. The summed E-state index contributed by atoms with van der Waals surface area (Å²) in [6, 6.07) is 11.5. The molecule has 0 aliphatic heterocycles. The van der Waals surface area contributed by atoms with Crippen LogP contribution in [0.3, 0.4) is 0 Å². The molecule has 0 spiro atoms. The number of halogens is 1. The van der Waals surface area contributed by atoms with Crippen LogP contribution >= 0.6 is 0 Å². The molecule has 0 bridgehead atoms. The van der Waals surface area contributed by atoms with E-state index in [0.717, 1.165) is 4.31 Å². The Morgan fingerprint density at radius 1 is 1.07 bits per heavy atom. The molecule has 1 atom stereocenters. The molecule has 0 heterocycles. The van der Waals surface area contributed by atoms with E-state index in [1.165, 1.54) is 50.5 Å². The average molecular weight is 424 g/mol. The minimum Gasteiger partial charge on any atom is -0.492 e. The van der Waals surface area contributed by atoms with Crippen molar-refractivity contribution in [3.8, 4) is 11.5 Å². The lowest BCUT2D eigenvalue weighted by atomic mass is 10.2. The van der Waals surface area contributed by atoms with E-state index in [-0.39, 0.29) is 29.8 Å². The summed E-state index contributed by atoms with van der Waals surface area (Å²) in [5, 5.41) is 2.72. The second-order valence-electron chi connectivity index (χ2n) is 6.37. The first kappa shape index (κ1) is 22.6. The lowest BCUT2D eigenvalue weighted by Crippen LogP contribution is -2.39. The molecule has 158 valence electrons. The number of ether oxygens (including phenoxy) is 2. The van der Waals surface area contributed by atoms with Crippen molar-refractivity contribution in [3.05, 3.63) is 54.3 Å². The van der Waals surface area contributed by atoms with Gasteiger partial charge in [-0.05, 0) is 55.0 Å². The Bertz CT molecular complexity index is 899. The van der Waals surface area contributed by atoms with Gasteiger partial charge >= 0.3 is 0 Å². The monoisotopic (exact) mass is 424 g/mol. The van der Waals surface area contributed by atoms with Gasteiger partial charge in [0.15, 0.2) is 6.10 Å². The van der Waals surface area contributed by atoms with Gasteiger partial charge in [0.1, 0.15) is 23.9 Å². The van der Waals surface area contributed by atoms with Gasteiger partial charge < -0.3 is 14.8 Å². The van der Waals surface area contributed by atoms with Crippen LogP contribution in [0.1, 0.15) is 13.3 Å². The van der Waals surface area contributed by atoms with Gasteiger partial charge in [-0.25, -0.2) is 17.1 Å². The Kier molecular flexibility index (Phi) is 7.98. The molecule has 0 fully saturated rings. The fraction of sp³-hybridized carbons (Fsp3) is 0.350. The van der Waals surface area contributed by atoms with Crippen LogP contribution in [0.5, 0.6) is 11.5 Å².